The molecule has 0 aromatic heterocycles. The molecule has 16 heavy (non-hydrogen) atoms. The normalized spacial score (nSPS) is 21.1. The lowest BCUT2D eigenvalue weighted by Gasteiger charge is -2.21. The molecule has 1 aromatic carbocycles. The van der Waals surface area contributed by atoms with Crippen molar-refractivity contribution in [1.29, 1.82) is 0 Å². The summed E-state index contributed by atoms with van der Waals surface area (Å²) in [6.07, 6.45) is 4.54. The lowest BCUT2D eigenvalue weighted by atomic mass is 9.83. The van der Waals surface area contributed by atoms with Crippen LogP contribution in [0.5, 0.6) is 0 Å². The molecule has 0 amide bonds. The molecule has 1 saturated carbocycles. The fourth-order valence-electron chi connectivity index (χ4n) is 2.40. The molecule has 0 saturated heterocycles. The number of hydrogen-bond acceptors (Lipinski definition) is 1. The second kappa shape index (κ2) is 4.77. The predicted molar refractivity (Wildman–Crippen MR) is 61.8 cm³/mol. The number of benzene rings is 1. The zero-order valence-electron chi connectivity index (χ0n) is 9.63. The zero-order chi connectivity index (χ0) is 11.5. The first-order chi connectivity index (χ1) is 7.66. The van der Waals surface area contributed by atoms with Crippen molar-refractivity contribution in [3.05, 3.63) is 35.1 Å². The molecule has 0 bridgehead atoms. The highest BCUT2D eigenvalue weighted by atomic mass is 19.1. The van der Waals surface area contributed by atoms with Crippen molar-refractivity contribution in [2.75, 3.05) is 0 Å². The van der Waals surface area contributed by atoms with Gasteiger partial charge >= 0.3 is 0 Å². The fourth-order valence-corrected chi connectivity index (χ4v) is 2.40. The molecule has 1 nitrogen and oxygen atoms in total. The van der Waals surface area contributed by atoms with Gasteiger partial charge in [0.25, 0.3) is 0 Å². The van der Waals surface area contributed by atoms with Crippen LogP contribution >= 0.6 is 0 Å². The topological polar surface area (TPSA) is 17.1 Å². The Morgan fingerprint density at radius 3 is 2.94 bits per heavy atom. The molecule has 86 valence electrons. The van der Waals surface area contributed by atoms with Crippen LogP contribution in [-0.2, 0) is 11.2 Å². The summed E-state index contributed by atoms with van der Waals surface area (Å²) in [5, 5.41) is 0. The van der Waals surface area contributed by atoms with Crippen molar-refractivity contribution in [2.45, 2.75) is 39.0 Å². The highest BCUT2D eigenvalue weighted by Gasteiger charge is 2.22. The average molecular weight is 220 g/mol. The van der Waals surface area contributed by atoms with E-state index in [0.29, 0.717) is 18.6 Å². The molecular weight excluding hydrogens is 203 g/mol. The molecule has 0 N–H and O–H groups in total. The predicted octanol–water partition coefficient (Wildman–Crippen LogP) is 3.44. The molecule has 1 aromatic rings. The van der Waals surface area contributed by atoms with Gasteiger partial charge < -0.3 is 0 Å². The monoisotopic (exact) mass is 220 g/mol. The molecule has 0 heterocycles. The van der Waals surface area contributed by atoms with E-state index in [0.717, 1.165) is 30.4 Å². The third kappa shape index (κ3) is 2.49. The Labute approximate surface area is 95.7 Å². The number of hydrogen-bond donors (Lipinski definition) is 0. The minimum absolute atomic E-state index is 0.120. The minimum Gasteiger partial charge on any atom is -0.299 e. The van der Waals surface area contributed by atoms with Gasteiger partial charge in [-0.2, -0.15) is 0 Å². The van der Waals surface area contributed by atoms with E-state index in [1.54, 1.807) is 12.1 Å². The van der Waals surface area contributed by atoms with Crippen molar-refractivity contribution < 1.29 is 9.18 Å². The van der Waals surface area contributed by atoms with Crippen LogP contribution in [-0.4, -0.2) is 5.78 Å². The molecule has 2 rings (SSSR count). The van der Waals surface area contributed by atoms with E-state index in [1.165, 1.54) is 6.07 Å². The fraction of sp³-hybridized carbons (Fsp3) is 0.500. The molecule has 1 atom stereocenters. The van der Waals surface area contributed by atoms with Gasteiger partial charge in [0.05, 0.1) is 0 Å². The molecular formula is C14H17FO. The van der Waals surface area contributed by atoms with Crippen molar-refractivity contribution in [2.24, 2.45) is 5.92 Å². The van der Waals surface area contributed by atoms with Gasteiger partial charge in [-0.05, 0) is 49.4 Å². The van der Waals surface area contributed by atoms with Crippen LogP contribution in [0.3, 0.4) is 0 Å². The summed E-state index contributed by atoms with van der Waals surface area (Å²) in [6, 6.07) is 4.83. The van der Waals surface area contributed by atoms with Crippen molar-refractivity contribution in [3.8, 4) is 0 Å². The number of carbonyl (C=O) groups is 1. The average Bonchev–Trinajstić information content (AvgIpc) is 2.27. The maximum atomic E-state index is 13.1. The number of carbonyl (C=O) groups excluding carboxylic acids is 1. The Kier molecular flexibility index (Phi) is 3.37. The number of rotatable bonds is 2. The molecule has 1 unspecified atom stereocenters. The second-order valence-electron chi connectivity index (χ2n) is 4.68. The number of halogens is 1. The van der Waals surface area contributed by atoms with Gasteiger partial charge in [0.2, 0.25) is 0 Å². The second-order valence-corrected chi connectivity index (χ2v) is 4.68. The maximum Gasteiger partial charge on any atom is 0.136 e. The lowest BCUT2D eigenvalue weighted by Crippen LogP contribution is -2.21. The number of Topliss-reactive ketones (excluding diaryl/α,β-unsaturated/α-hetero) is 1. The first-order valence-electron chi connectivity index (χ1n) is 5.94. The maximum absolute atomic E-state index is 13.1. The Balaban J connectivity index is 2.13. The summed E-state index contributed by atoms with van der Waals surface area (Å²) in [7, 11) is 0. The zero-order valence-corrected chi connectivity index (χ0v) is 9.63. The quantitative estimate of drug-likeness (QED) is 0.746. The molecule has 1 aliphatic carbocycles. The van der Waals surface area contributed by atoms with Crippen LogP contribution in [0.1, 0.15) is 36.8 Å². The van der Waals surface area contributed by atoms with Gasteiger partial charge in [0.15, 0.2) is 0 Å². The third-order valence-electron chi connectivity index (χ3n) is 3.46. The van der Waals surface area contributed by atoms with Gasteiger partial charge in [0, 0.05) is 12.3 Å². The highest BCUT2D eigenvalue weighted by molar-refractivity contribution is 5.81. The van der Waals surface area contributed by atoms with E-state index in [2.05, 4.69) is 0 Å². The van der Waals surface area contributed by atoms with Crippen molar-refractivity contribution >= 4 is 5.78 Å². The highest BCUT2D eigenvalue weighted by Crippen LogP contribution is 2.25. The largest absolute Gasteiger partial charge is 0.299 e. The first kappa shape index (κ1) is 11.3. The van der Waals surface area contributed by atoms with Gasteiger partial charge in [-0.15, -0.1) is 0 Å². The van der Waals surface area contributed by atoms with Gasteiger partial charge in [-0.1, -0.05) is 12.5 Å². The lowest BCUT2D eigenvalue weighted by molar-refractivity contribution is -0.124. The Hall–Kier alpha value is -1.18. The van der Waals surface area contributed by atoms with E-state index in [1.807, 2.05) is 6.92 Å². The summed E-state index contributed by atoms with van der Waals surface area (Å²) >= 11 is 0. The smallest absolute Gasteiger partial charge is 0.136 e. The van der Waals surface area contributed by atoms with Crippen LogP contribution in [0.25, 0.3) is 0 Å². The number of aryl methyl sites for hydroxylation is 1. The molecule has 0 radical (unpaired) electrons. The summed E-state index contributed by atoms with van der Waals surface area (Å²) < 4.78 is 13.1. The van der Waals surface area contributed by atoms with E-state index >= 15 is 0 Å². The summed E-state index contributed by atoms with van der Waals surface area (Å²) in [5.41, 5.74) is 2.07. The molecule has 2 heteroatoms. The van der Waals surface area contributed by atoms with E-state index < -0.39 is 0 Å². The minimum atomic E-state index is -0.205. The Morgan fingerprint density at radius 2 is 2.19 bits per heavy atom. The van der Waals surface area contributed by atoms with Crippen molar-refractivity contribution in [1.82, 2.24) is 0 Å². The molecule has 0 aliphatic heterocycles. The van der Waals surface area contributed by atoms with Crippen LogP contribution in [0.4, 0.5) is 4.39 Å². The molecule has 1 fully saturated rings. The molecule has 0 spiro atoms. The van der Waals surface area contributed by atoms with E-state index in [-0.39, 0.29) is 11.7 Å². The Bertz CT molecular complexity index is 398. The number of ketones is 1. The summed E-state index contributed by atoms with van der Waals surface area (Å²) in [4.78, 5) is 11.7. The van der Waals surface area contributed by atoms with Crippen LogP contribution in [0.2, 0.25) is 0 Å². The molecule has 1 aliphatic rings. The van der Waals surface area contributed by atoms with Gasteiger partial charge in [-0.25, -0.2) is 4.39 Å². The summed E-state index contributed by atoms with van der Waals surface area (Å²) in [6.45, 7) is 1.97. The van der Waals surface area contributed by atoms with Crippen LogP contribution in [0, 0.1) is 18.7 Å². The summed E-state index contributed by atoms with van der Waals surface area (Å²) in [5.74, 6) is 0.271. The van der Waals surface area contributed by atoms with E-state index in [4.69, 9.17) is 0 Å². The van der Waals surface area contributed by atoms with E-state index in [9.17, 15) is 9.18 Å². The van der Waals surface area contributed by atoms with Crippen LogP contribution < -0.4 is 0 Å². The van der Waals surface area contributed by atoms with Crippen molar-refractivity contribution in [3.63, 3.8) is 0 Å². The Morgan fingerprint density at radius 1 is 1.38 bits per heavy atom. The SMILES string of the molecule is Cc1ccc(F)cc1CC1CCCCC1=O. The first-order valence-corrected chi connectivity index (χ1v) is 5.94. The van der Waals surface area contributed by atoms with Crippen LogP contribution in [0.15, 0.2) is 18.2 Å². The van der Waals surface area contributed by atoms with Gasteiger partial charge in [-0.3, -0.25) is 4.79 Å². The third-order valence-corrected chi connectivity index (χ3v) is 3.46. The standard InChI is InChI=1S/C14H17FO/c1-10-6-7-13(15)9-12(10)8-11-4-2-3-5-14(11)16/h6-7,9,11H,2-5,8H2,1H3. The van der Waals surface area contributed by atoms with Gasteiger partial charge in [0.1, 0.15) is 11.6 Å².